The largest absolute Gasteiger partial charge is 0.352 e. The molecule has 1 N–H and O–H groups in total. The molecule has 0 spiro atoms. The molecule has 0 unspecified atom stereocenters. The molecular weight excluding hydrogens is 364 g/mol. The van der Waals surface area contributed by atoms with Crippen LogP contribution in [0.15, 0.2) is 70.4 Å². The standard InChI is InChI=1S/C20H18N2O2S2/c23-18(16-9-5-2-6-10-16)14-26-20-22-17(13-25-20)11-19(24)21-12-15-7-3-1-4-8-15/h1-10,13H,11-12,14H2,(H,21,24). The molecule has 0 aliphatic heterocycles. The van der Waals surface area contributed by atoms with Gasteiger partial charge in [0.1, 0.15) is 0 Å². The second-order valence-electron chi connectivity index (χ2n) is 5.62. The Hall–Kier alpha value is -2.44. The van der Waals surface area contributed by atoms with Gasteiger partial charge in [-0.25, -0.2) is 4.98 Å². The van der Waals surface area contributed by atoms with E-state index in [0.29, 0.717) is 17.9 Å². The average Bonchev–Trinajstić information content (AvgIpc) is 3.13. The van der Waals surface area contributed by atoms with E-state index in [2.05, 4.69) is 10.3 Å². The van der Waals surface area contributed by atoms with Crippen molar-refractivity contribution in [2.45, 2.75) is 17.3 Å². The smallest absolute Gasteiger partial charge is 0.226 e. The third-order valence-corrected chi connectivity index (χ3v) is 5.70. The van der Waals surface area contributed by atoms with Crippen LogP contribution in [-0.4, -0.2) is 22.4 Å². The summed E-state index contributed by atoms with van der Waals surface area (Å²) in [5.74, 6) is 0.362. The van der Waals surface area contributed by atoms with Gasteiger partial charge in [-0.2, -0.15) is 0 Å². The maximum atomic E-state index is 12.1. The molecule has 0 atom stereocenters. The number of nitrogens with one attached hydrogen (secondary N) is 1. The number of ketones is 1. The first-order chi connectivity index (χ1) is 12.7. The van der Waals surface area contributed by atoms with Crippen molar-refractivity contribution in [3.05, 3.63) is 82.9 Å². The molecule has 26 heavy (non-hydrogen) atoms. The molecule has 1 heterocycles. The van der Waals surface area contributed by atoms with Crippen LogP contribution < -0.4 is 5.32 Å². The first kappa shape index (κ1) is 18.4. The van der Waals surface area contributed by atoms with Gasteiger partial charge in [-0.1, -0.05) is 72.4 Å². The Morgan fingerprint density at radius 3 is 2.42 bits per heavy atom. The lowest BCUT2D eigenvalue weighted by Gasteiger charge is -2.03. The molecule has 0 fully saturated rings. The molecular formula is C20H18N2O2S2. The molecule has 132 valence electrons. The van der Waals surface area contributed by atoms with E-state index in [0.717, 1.165) is 15.6 Å². The highest BCUT2D eigenvalue weighted by Gasteiger charge is 2.11. The number of hydrogen-bond acceptors (Lipinski definition) is 5. The lowest BCUT2D eigenvalue weighted by molar-refractivity contribution is -0.120. The van der Waals surface area contributed by atoms with Gasteiger partial charge in [-0.3, -0.25) is 9.59 Å². The molecule has 3 aromatic rings. The van der Waals surface area contributed by atoms with Crippen LogP contribution >= 0.6 is 23.1 Å². The third-order valence-electron chi connectivity index (χ3n) is 3.63. The Balaban J connectivity index is 1.45. The summed E-state index contributed by atoms with van der Waals surface area (Å²) in [6, 6.07) is 19.0. The van der Waals surface area contributed by atoms with Gasteiger partial charge >= 0.3 is 0 Å². The van der Waals surface area contributed by atoms with E-state index in [1.807, 2.05) is 66.0 Å². The van der Waals surface area contributed by atoms with Crippen LogP contribution in [0, 0.1) is 0 Å². The summed E-state index contributed by atoms with van der Waals surface area (Å²) in [4.78, 5) is 28.6. The van der Waals surface area contributed by atoms with Crippen molar-refractivity contribution >= 4 is 34.8 Å². The zero-order chi connectivity index (χ0) is 18.2. The zero-order valence-corrected chi connectivity index (χ0v) is 15.7. The van der Waals surface area contributed by atoms with E-state index in [4.69, 9.17) is 0 Å². The number of rotatable bonds is 8. The highest BCUT2D eigenvalue weighted by atomic mass is 32.2. The Morgan fingerprint density at radius 1 is 1.00 bits per heavy atom. The molecule has 0 aliphatic carbocycles. The van der Waals surface area contributed by atoms with Gasteiger partial charge in [-0.15, -0.1) is 11.3 Å². The van der Waals surface area contributed by atoms with Gasteiger partial charge in [0, 0.05) is 17.5 Å². The van der Waals surface area contributed by atoms with Crippen molar-refractivity contribution < 1.29 is 9.59 Å². The molecule has 0 saturated carbocycles. The lowest BCUT2D eigenvalue weighted by Crippen LogP contribution is -2.24. The zero-order valence-electron chi connectivity index (χ0n) is 14.1. The molecule has 0 radical (unpaired) electrons. The fourth-order valence-corrected chi connectivity index (χ4v) is 4.03. The molecule has 0 bridgehead atoms. The summed E-state index contributed by atoms with van der Waals surface area (Å²) in [7, 11) is 0. The van der Waals surface area contributed by atoms with Gasteiger partial charge in [-0.05, 0) is 5.56 Å². The SMILES string of the molecule is O=C(Cc1csc(SCC(=O)c2ccccc2)n1)NCc1ccccc1. The molecule has 1 amide bonds. The van der Waals surface area contributed by atoms with Crippen molar-refractivity contribution in [1.29, 1.82) is 0 Å². The number of benzene rings is 2. The van der Waals surface area contributed by atoms with E-state index >= 15 is 0 Å². The van der Waals surface area contributed by atoms with E-state index in [9.17, 15) is 9.59 Å². The van der Waals surface area contributed by atoms with E-state index in [1.54, 1.807) is 0 Å². The van der Waals surface area contributed by atoms with Crippen LogP contribution in [0.25, 0.3) is 0 Å². The number of carbonyl (C=O) groups excluding carboxylic acids is 2. The molecule has 6 heteroatoms. The fourth-order valence-electron chi connectivity index (χ4n) is 2.29. The number of aromatic nitrogens is 1. The normalized spacial score (nSPS) is 10.5. The van der Waals surface area contributed by atoms with Crippen LogP contribution in [0.1, 0.15) is 21.6 Å². The summed E-state index contributed by atoms with van der Waals surface area (Å²) >= 11 is 2.87. The second-order valence-corrected chi connectivity index (χ2v) is 7.70. The average molecular weight is 383 g/mol. The number of amides is 1. The topological polar surface area (TPSA) is 59.1 Å². The first-order valence-electron chi connectivity index (χ1n) is 8.17. The van der Waals surface area contributed by atoms with Crippen LogP contribution in [0.4, 0.5) is 0 Å². The van der Waals surface area contributed by atoms with E-state index < -0.39 is 0 Å². The van der Waals surface area contributed by atoms with Crippen LogP contribution in [0.2, 0.25) is 0 Å². The summed E-state index contributed by atoms with van der Waals surface area (Å²) in [6.45, 7) is 0.511. The number of thiazole rings is 1. The van der Waals surface area contributed by atoms with E-state index in [1.165, 1.54) is 23.1 Å². The summed E-state index contributed by atoms with van der Waals surface area (Å²) < 4.78 is 0.806. The van der Waals surface area contributed by atoms with Crippen molar-refractivity contribution in [2.75, 3.05) is 5.75 Å². The highest BCUT2D eigenvalue weighted by Crippen LogP contribution is 2.23. The molecule has 3 rings (SSSR count). The molecule has 0 saturated heterocycles. The summed E-state index contributed by atoms with van der Waals surface area (Å²) in [5.41, 5.74) is 2.50. The number of carbonyl (C=O) groups is 2. The van der Waals surface area contributed by atoms with Gasteiger partial charge in [0.05, 0.1) is 17.9 Å². The Bertz CT molecular complexity index is 864. The number of hydrogen-bond donors (Lipinski definition) is 1. The quantitative estimate of drug-likeness (QED) is 0.473. The van der Waals surface area contributed by atoms with Crippen molar-refractivity contribution in [1.82, 2.24) is 10.3 Å². The highest BCUT2D eigenvalue weighted by molar-refractivity contribution is 8.01. The minimum absolute atomic E-state index is 0.0592. The molecule has 0 aliphatic rings. The van der Waals surface area contributed by atoms with Gasteiger partial charge in [0.2, 0.25) is 5.91 Å². The van der Waals surface area contributed by atoms with Crippen LogP contribution in [-0.2, 0) is 17.8 Å². The van der Waals surface area contributed by atoms with Gasteiger partial charge in [0.25, 0.3) is 0 Å². The monoisotopic (exact) mass is 382 g/mol. The maximum absolute atomic E-state index is 12.1. The van der Waals surface area contributed by atoms with Crippen LogP contribution in [0.3, 0.4) is 0 Å². The summed E-state index contributed by atoms with van der Waals surface area (Å²) in [6.07, 6.45) is 0.247. The van der Waals surface area contributed by atoms with Crippen molar-refractivity contribution in [3.8, 4) is 0 Å². The fraction of sp³-hybridized carbons (Fsp3) is 0.150. The minimum atomic E-state index is -0.0592. The van der Waals surface area contributed by atoms with E-state index in [-0.39, 0.29) is 18.1 Å². The Labute approximate surface area is 160 Å². The van der Waals surface area contributed by atoms with Crippen molar-refractivity contribution in [3.63, 3.8) is 0 Å². The number of thioether (sulfide) groups is 1. The molecule has 2 aromatic carbocycles. The molecule has 4 nitrogen and oxygen atoms in total. The van der Waals surface area contributed by atoms with Gasteiger partial charge in [0.15, 0.2) is 10.1 Å². The Kier molecular flexibility index (Phi) is 6.57. The summed E-state index contributed by atoms with van der Waals surface area (Å²) in [5, 5.41) is 4.77. The lowest BCUT2D eigenvalue weighted by atomic mass is 10.2. The second kappa shape index (κ2) is 9.31. The number of nitrogens with zero attached hydrogens (tertiary/aromatic N) is 1. The maximum Gasteiger partial charge on any atom is 0.226 e. The number of Topliss-reactive ketones (excluding diaryl/α,β-unsaturated/α-hetero) is 1. The molecule has 1 aromatic heterocycles. The van der Waals surface area contributed by atoms with Gasteiger partial charge < -0.3 is 5.32 Å². The predicted molar refractivity (Wildman–Crippen MR) is 106 cm³/mol. The predicted octanol–water partition coefficient (Wildman–Crippen LogP) is 3.98. The Morgan fingerprint density at radius 2 is 1.69 bits per heavy atom. The minimum Gasteiger partial charge on any atom is -0.352 e. The van der Waals surface area contributed by atoms with Crippen molar-refractivity contribution in [2.24, 2.45) is 0 Å². The third kappa shape index (κ3) is 5.54. The van der Waals surface area contributed by atoms with Crippen LogP contribution in [0.5, 0.6) is 0 Å². The first-order valence-corrected chi connectivity index (χ1v) is 10.0.